The average Bonchev–Trinajstić information content (AvgIpc) is 2.71. The van der Waals surface area contributed by atoms with Crippen LogP contribution in [0.15, 0.2) is 72.1 Å². The molecule has 2 rings (SSSR count). The van der Waals surface area contributed by atoms with Crippen molar-refractivity contribution in [2.75, 3.05) is 6.61 Å². The van der Waals surface area contributed by atoms with Gasteiger partial charge in [0.25, 0.3) is 5.69 Å². The molecule has 0 aromatic heterocycles. The highest BCUT2D eigenvalue weighted by molar-refractivity contribution is 6.00. The van der Waals surface area contributed by atoms with Crippen LogP contribution >= 0.6 is 0 Å². The highest BCUT2D eigenvalue weighted by Crippen LogP contribution is 2.40. The fourth-order valence-electron chi connectivity index (χ4n) is 3.18. The van der Waals surface area contributed by atoms with Crippen LogP contribution in [0.1, 0.15) is 32.3 Å². The lowest BCUT2D eigenvalue weighted by Crippen LogP contribution is -2.33. The van der Waals surface area contributed by atoms with E-state index in [0.717, 1.165) is 0 Å². The summed E-state index contributed by atoms with van der Waals surface area (Å²) in [6.45, 7) is 12.1. The molecule has 8 heteroatoms. The van der Waals surface area contributed by atoms with Gasteiger partial charge in [-0.1, -0.05) is 37.4 Å². The monoisotopic (exact) mass is 412 g/mol. The van der Waals surface area contributed by atoms with Crippen LogP contribution in [0.3, 0.4) is 0 Å². The molecule has 158 valence electrons. The van der Waals surface area contributed by atoms with Crippen molar-refractivity contribution in [3.63, 3.8) is 0 Å². The maximum Gasteiger partial charge on any atom is 0.337 e. The number of allylic oxidation sites excluding steroid dienone is 2. The second kappa shape index (κ2) is 9.69. The quantitative estimate of drug-likeness (QED) is 0.300. The largest absolute Gasteiger partial charge is 0.458 e. The van der Waals surface area contributed by atoms with Gasteiger partial charge in [0.1, 0.15) is 12.7 Å². The van der Waals surface area contributed by atoms with Crippen molar-refractivity contribution in [2.45, 2.75) is 32.8 Å². The van der Waals surface area contributed by atoms with Gasteiger partial charge in [-0.05, 0) is 26.3 Å². The van der Waals surface area contributed by atoms with Crippen LogP contribution in [-0.2, 0) is 19.1 Å². The van der Waals surface area contributed by atoms with E-state index in [1.807, 2.05) is 0 Å². The SMILES string of the molecule is C=CCOC(=O)C1=C(C)NC(C)=C(C(=O)OC(C)C=C)C1c1cccc([N+](=O)[O-])c1. The molecule has 2 atom stereocenters. The summed E-state index contributed by atoms with van der Waals surface area (Å²) in [5, 5.41) is 14.3. The van der Waals surface area contributed by atoms with Crippen molar-refractivity contribution in [1.29, 1.82) is 0 Å². The van der Waals surface area contributed by atoms with E-state index < -0.39 is 28.9 Å². The van der Waals surface area contributed by atoms with Crippen molar-refractivity contribution in [1.82, 2.24) is 5.32 Å². The lowest BCUT2D eigenvalue weighted by atomic mass is 9.80. The number of dihydropyridines is 1. The zero-order chi connectivity index (χ0) is 22.4. The van der Waals surface area contributed by atoms with Gasteiger partial charge in [-0.15, -0.1) is 0 Å². The standard InChI is InChI=1S/C22H24N2O6/c1-6-11-29-21(25)18-14(4)23-15(5)19(22(26)30-13(3)7-2)20(18)16-9-8-10-17(12-16)24(27)28/h6-10,12-13,20,23H,1-2,11H2,3-5H3. The lowest BCUT2D eigenvalue weighted by Gasteiger charge is -2.30. The van der Waals surface area contributed by atoms with Gasteiger partial charge in [-0.25, -0.2) is 9.59 Å². The number of hydrogen-bond acceptors (Lipinski definition) is 7. The van der Waals surface area contributed by atoms with E-state index in [1.54, 1.807) is 26.8 Å². The Hall–Kier alpha value is -3.68. The molecule has 1 aliphatic rings. The van der Waals surface area contributed by atoms with Crippen LogP contribution in [-0.4, -0.2) is 29.6 Å². The van der Waals surface area contributed by atoms with Crippen LogP contribution < -0.4 is 5.32 Å². The highest BCUT2D eigenvalue weighted by atomic mass is 16.6. The summed E-state index contributed by atoms with van der Waals surface area (Å²) < 4.78 is 10.6. The highest BCUT2D eigenvalue weighted by Gasteiger charge is 2.38. The minimum absolute atomic E-state index is 0.0206. The first-order valence-corrected chi connectivity index (χ1v) is 9.25. The van der Waals surface area contributed by atoms with E-state index in [4.69, 9.17) is 9.47 Å². The number of benzene rings is 1. The predicted molar refractivity (Wildman–Crippen MR) is 111 cm³/mol. The van der Waals surface area contributed by atoms with Crippen LogP contribution in [0.2, 0.25) is 0 Å². The van der Waals surface area contributed by atoms with Gasteiger partial charge in [0.15, 0.2) is 0 Å². The van der Waals surface area contributed by atoms with Gasteiger partial charge in [-0.2, -0.15) is 0 Å². The van der Waals surface area contributed by atoms with Crippen molar-refractivity contribution < 1.29 is 24.0 Å². The molecule has 0 bridgehead atoms. The number of nitro groups is 1. The number of carbonyl (C=O) groups is 2. The van der Waals surface area contributed by atoms with Crippen LogP contribution in [0.25, 0.3) is 0 Å². The Kier molecular flexibility index (Phi) is 7.30. The zero-order valence-corrected chi connectivity index (χ0v) is 17.1. The molecule has 30 heavy (non-hydrogen) atoms. The van der Waals surface area contributed by atoms with E-state index >= 15 is 0 Å². The summed E-state index contributed by atoms with van der Waals surface area (Å²) in [5.41, 5.74) is 1.53. The number of non-ortho nitro benzene ring substituents is 1. The number of nitrogens with zero attached hydrogens (tertiary/aromatic N) is 1. The molecule has 1 aromatic carbocycles. The Labute approximate surface area is 174 Å². The number of rotatable bonds is 8. The second-order valence-corrected chi connectivity index (χ2v) is 6.72. The summed E-state index contributed by atoms with van der Waals surface area (Å²) in [6.07, 6.45) is 2.33. The summed E-state index contributed by atoms with van der Waals surface area (Å²) in [4.78, 5) is 36.6. The lowest BCUT2D eigenvalue weighted by molar-refractivity contribution is -0.384. The molecule has 1 aliphatic heterocycles. The first-order chi connectivity index (χ1) is 14.2. The minimum atomic E-state index is -0.909. The molecule has 1 N–H and O–H groups in total. The van der Waals surface area contributed by atoms with E-state index in [1.165, 1.54) is 30.4 Å². The van der Waals surface area contributed by atoms with Crippen LogP contribution in [0.5, 0.6) is 0 Å². The number of ether oxygens (including phenoxy) is 2. The van der Waals surface area contributed by atoms with Gasteiger partial charge >= 0.3 is 11.9 Å². The van der Waals surface area contributed by atoms with Gasteiger partial charge in [-0.3, -0.25) is 10.1 Å². The zero-order valence-electron chi connectivity index (χ0n) is 17.1. The fourth-order valence-corrected chi connectivity index (χ4v) is 3.18. The molecule has 0 saturated heterocycles. The Morgan fingerprint density at radius 1 is 1.23 bits per heavy atom. The first kappa shape index (κ1) is 22.6. The Bertz CT molecular complexity index is 960. The molecule has 0 aliphatic carbocycles. The summed E-state index contributed by atoms with van der Waals surface area (Å²) in [7, 11) is 0. The third kappa shape index (κ3) is 4.83. The number of nitrogens with one attached hydrogen (secondary N) is 1. The predicted octanol–water partition coefficient (Wildman–Crippen LogP) is 3.68. The number of hydrogen-bond donors (Lipinski definition) is 1. The molecule has 0 spiro atoms. The van der Waals surface area contributed by atoms with Crippen molar-refractivity contribution >= 4 is 17.6 Å². The van der Waals surface area contributed by atoms with Gasteiger partial charge in [0.2, 0.25) is 0 Å². The summed E-state index contributed by atoms with van der Waals surface area (Å²) in [6, 6.07) is 5.80. The normalized spacial score (nSPS) is 17.0. The summed E-state index contributed by atoms with van der Waals surface area (Å²) >= 11 is 0. The minimum Gasteiger partial charge on any atom is -0.458 e. The molecule has 1 heterocycles. The van der Waals surface area contributed by atoms with E-state index in [-0.39, 0.29) is 23.4 Å². The number of carbonyl (C=O) groups excluding carboxylic acids is 2. The van der Waals surface area contributed by atoms with Crippen LogP contribution in [0.4, 0.5) is 5.69 Å². The third-order valence-corrected chi connectivity index (χ3v) is 4.57. The molecule has 2 unspecified atom stereocenters. The topological polar surface area (TPSA) is 108 Å². The number of nitro benzene ring substituents is 1. The van der Waals surface area contributed by atoms with E-state index in [2.05, 4.69) is 18.5 Å². The first-order valence-electron chi connectivity index (χ1n) is 9.25. The van der Waals surface area contributed by atoms with Crippen molar-refractivity contribution in [3.8, 4) is 0 Å². The van der Waals surface area contributed by atoms with Crippen LogP contribution in [0, 0.1) is 10.1 Å². The van der Waals surface area contributed by atoms with Crippen molar-refractivity contribution in [2.24, 2.45) is 0 Å². The Morgan fingerprint density at radius 2 is 1.87 bits per heavy atom. The molecule has 0 fully saturated rings. The Morgan fingerprint density at radius 3 is 2.43 bits per heavy atom. The van der Waals surface area contributed by atoms with Gasteiger partial charge < -0.3 is 14.8 Å². The smallest absolute Gasteiger partial charge is 0.337 e. The maximum atomic E-state index is 13.0. The Balaban J connectivity index is 2.66. The summed E-state index contributed by atoms with van der Waals surface area (Å²) in [5.74, 6) is -2.23. The molecule has 0 amide bonds. The third-order valence-electron chi connectivity index (χ3n) is 4.57. The number of esters is 2. The molecule has 0 radical (unpaired) electrons. The second-order valence-electron chi connectivity index (χ2n) is 6.72. The molecular formula is C22H24N2O6. The molecule has 8 nitrogen and oxygen atoms in total. The molecule has 1 aromatic rings. The molecular weight excluding hydrogens is 388 g/mol. The van der Waals surface area contributed by atoms with Crippen molar-refractivity contribution in [3.05, 3.63) is 87.8 Å². The maximum absolute atomic E-state index is 13.0. The van der Waals surface area contributed by atoms with Gasteiger partial charge in [0.05, 0.1) is 22.0 Å². The van der Waals surface area contributed by atoms with Gasteiger partial charge in [0, 0.05) is 23.5 Å². The molecule has 0 saturated carbocycles. The van der Waals surface area contributed by atoms with E-state index in [0.29, 0.717) is 17.0 Å². The fraction of sp³-hybridized carbons (Fsp3) is 0.273. The average molecular weight is 412 g/mol. The van der Waals surface area contributed by atoms with E-state index in [9.17, 15) is 19.7 Å².